The second-order valence-corrected chi connectivity index (χ2v) is 7.62. The molecule has 3 aromatic heterocycles. The Labute approximate surface area is 184 Å². The van der Waals surface area contributed by atoms with Crippen LogP contribution in [0.1, 0.15) is 27.2 Å². The Bertz CT molecular complexity index is 1390. The maximum Gasteiger partial charge on any atom is 0.254 e. The van der Waals surface area contributed by atoms with Gasteiger partial charge in [0.05, 0.1) is 32.0 Å². The molecule has 0 unspecified atom stereocenters. The third kappa shape index (κ3) is 3.66. The highest BCUT2D eigenvalue weighted by Crippen LogP contribution is 2.23. The van der Waals surface area contributed by atoms with Gasteiger partial charge in [0.2, 0.25) is 0 Å². The van der Waals surface area contributed by atoms with Crippen molar-refractivity contribution in [3.63, 3.8) is 0 Å². The Morgan fingerprint density at radius 3 is 2.69 bits per heavy atom. The zero-order chi connectivity index (χ0) is 22.1. The van der Waals surface area contributed by atoms with E-state index >= 15 is 0 Å². The van der Waals surface area contributed by atoms with E-state index < -0.39 is 0 Å². The van der Waals surface area contributed by atoms with Crippen molar-refractivity contribution in [3.8, 4) is 5.75 Å². The number of rotatable bonds is 6. The fourth-order valence-corrected chi connectivity index (χ4v) is 3.81. The minimum Gasteiger partial charge on any atom is -0.497 e. The summed E-state index contributed by atoms with van der Waals surface area (Å²) >= 11 is 0. The Morgan fingerprint density at radius 1 is 1.09 bits per heavy atom. The van der Waals surface area contributed by atoms with Crippen molar-refractivity contribution >= 4 is 22.5 Å². The van der Waals surface area contributed by atoms with Crippen LogP contribution in [0.3, 0.4) is 0 Å². The van der Waals surface area contributed by atoms with Crippen LogP contribution in [0.4, 0.5) is 0 Å². The zero-order valence-electron chi connectivity index (χ0n) is 17.7. The van der Waals surface area contributed by atoms with Crippen molar-refractivity contribution in [1.82, 2.24) is 24.9 Å². The molecule has 1 amide bonds. The number of aryl methyl sites for hydroxylation is 1. The van der Waals surface area contributed by atoms with Gasteiger partial charge < -0.3 is 14.1 Å². The normalized spacial score (nSPS) is 11.2. The van der Waals surface area contributed by atoms with Gasteiger partial charge in [0.25, 0.3) is 5.91 Å². The van der Waals surface area contributed by atoms with E-state index in [0.717, 1.165) is 22.0 Å². The van der Waals surface area contributed by atoms with Gasteiger partial charge in [-0.15, -0.1) is 5.10 Å². The first-order valence-corrected chi connectivity index (χ1v) is 10.2. The van der Waals surface area contributed by atoms with Gasteiger partial charge in [-0.05, 0) is 71.9 Å². The van der Waals surface area contributed by atoms with Gasteiger partial charge in [-0.25, -0.2) is 0 Å². The minimum atomic E-state index is -0.126. The lowest BCUT2D eigenvalue weighted by atomic mass is 10.1. The van der Waals surface area contributed by atoms with Crippen LogP contribution >= 0.6 is 0 Å². The monoisotopic (exact) mass is 427 g/mol. The molecule has 0 saturated carbocycles. The number of methoxy groups -OCH3 is 1. The number of pyridine rings is 1. The summed E-state index contributed by atoms with van der Waals surface area (Å²) in [6, 6.07) is 18.9. The first-order valence-electron chi connectivity index (χ1n) is 10.2. The number of tetrazole rings is 1. The lowest BCUT2D eigenvalue weighted by Crippen LogP contribution is -2.30. The average molecular weight is 427 g/mol. The largest absolute Gasteiger partial charge is 0.497 e. The summed E-state index contributed by atoms with van der Waals surface area (Å²) in [6.45, 7) is 2.68. The maximum absolute atomic E-state index is 13.5. The minimum absolute atomic E-state index is 0.126. The fraction of sp³-hybridized carbons (Fsp3) is 0.167. The number of hydrogen-bond acceptors (Lipinski definition) is 6. The highest BCUT2D eigenvalue weighted by Gasteiger charge is 2.21. The van der Waals surface area contributed by atoms with Gasteiger partial charge in [-0.3, -0.25) is 4.79 Å². The molecular formula is C24H21N5O3. The highest BCUT2D eigenvalue weighted by atomic mass is 16.5. The number of fused-ring (bicyclic) bond motifs is 3. The number of nitrogens with zero attached hydrogens (tertiary/aromatic N) is 5. The van der Waals surface area contributed by atoms with Gasteiger partial charge >= 0.3 is 0 Å². The predicted octanol–water partition coefficient (Wildman–Crippen LogP) is 4.03. The number of benzene rings is 2. The molecule has 2 aromatic carbocycles. The van der Waals surface area contributed by atoms with Crippen molar-refractivity contribution in [2.75, 3.05) is 7.11 Å². The van der Waals surface area contributed by atoms with Crippen molar-refractivity contribution in [1.29, 1.82) is 0 Å². The third-order valence-electron chi connectivity index (χ3n) is 5.41. The predicted molar refractivity (Wildman–Crippen MR) is 118 cm³/mol. The first-order chi connectivity index (χ1) is 15.6. The summed E-state index contributed by atoms with van der Waals surface area (Å²) in [4.78, 5) is 15.2. The molecule has 0 aliphatic heterocycles. The molecule has 160 valence electrons. The van der Waals surface area contributed by atoms with E-state index in [9.17, 15) is 4.79 Å². The molecule has 0 spiro atoms. The molecule has 5 rings (SSSR count). The van der Waals surface area contributed by atoms with Crippen LogP contribution in [0.5, 0.6) is 5.75 Å². The van der Waals surface area contributed by atoms with E-state index in [1.165, 1.54) is 0 Å². The van der Waals surface area contributed by atoms with E-state index in [1.807, 2.05) is 37.3 Å². The van der Waals surface area contributed by atoms with Crippen LogP contribution in [0.2, 0.25) is 0 Å². The molecule has 0 aliphatic rings. The third-order valence-corrected chi connectivity index (χ3v) is 5.41. The number of ether oxygens (including phenoxy) is 1. The number of carbonyl (C=O) groups excluding carboxylic acids is 1. The smallest absolute Gasteiger partial charge is 0.254 e. The van der Waals surface area contributed by atoms with Crippen molar-refractivity contribution < 1.29 is 13.9 Å². The molecule has 0 aliphatic carbocycles. The number of carbonyl (C=O) groups is 1. The second kappa shape index (κ2) is 8.14. The van der Waals surface area contributed by atoms with Crippen molar-refractivity contribution in [3.05, 3.63) is 89.4 Å². The first kappa shape index (κ1) is 19.7. The van der Waals surface area contributed by atoms with Crippen LogP contribution < -0.4 is 4.74 Å². The zero-order valence-corrected chi connectivity index (χ0v) is 17.7. The Hall–Kier alpha value is -4.20. The van der Waals surface area contributed by atoms with Gasteiger partial charge in [-0.2, -0.15) is 4.52 Å². The lowest BCUT2D eigenvalue weighted by molar-refractivity contribution is 0.0718. The topological polar surface area (TPSA) is 85.8 Å². The molecule has 0 saturated heterocycles. The number of amides is 1. The van der Waals surface area contributed by atoms with E-state index in [-0.39, 0.29) is 5.91 Å². The molecule has 8 nitrogen and oxygen atoms in total. The van der Waals surface area contributed by atoms with E-state index in [2.05, 4.69) is 21.6 Å². The average Bonchev–Trinajstić information content (AvgIpc) is 3.50. The number of furan rings is 1. The summed E-state index contributed by atoms with van der Waals surface area (Å²) in [5.74, 6) is 1.26. The summed E-state index contributed by atoms with van der Waals surface area (Å²) in [5, 5.41) is 13.3. The molecule has 5 aromatic rings. The molecule has 0 N–H and O–H groups in total. The van der Waals surface area contributed by atoms with Crippen LogP contribution in [0.25, 0.3) is 16.6 Å². The van der Waals surface area contributed by atoms with E-state index in [0.29, 0.717) is 35.8 Å². The van der Waals surface area contributed by atoms with E-state index in [1.54, 1.807) is 47.1 Å². The van der Waals surface area contributed by atoms with E-state index in [4.69, 9.17) is 9.15 Å². The standard InChI is InChI=1S/C24H21N5O3/c1-16-5-10-22-18(12-16)13-19(23-25-26-27-29(22)23)14-28(15-21-4-3-11-32-21)24(30)17-6-8-20(31-2)9-7-17/h3-13H,14-15H2,1-2H3. The molecule has 8 heteroatoms. The molecule has 3 heterocycles. The molecular weight excluding hydrogens is 406 g/mol. The molecule has 0 bridgehead atoms. The quantitative estimate of drug-likeness (QED) is 0.407. The fourth-order valence-electron chi connectivity index (χ4n) is 3.81. The Kier molecular flexibility index (Phi) is 5.03. The summed E-state index contributed by atoms with van der Waals surface area (Å²) in [6.07, 6.45) is 1.60. The Balaban J connectivity index is 1.56. The molecule has 0 fully saturated rings. The van der Waals surface area contributed by atoms with Crippen LogP contribution in [-0.2, 0) is 13.1 Å². The molecule has 0 radical (unpaired) electrons. The summed E-state index contributed by atoms with van der Waals surface area (Å²) in [5.41, 5.74) is 4.08. The van der Waals surface area contributed by atoms with Gasteiger partial charge in [-0.1, -0.05) is 11.6 Å². The summed E-state index contributed by atoms with van der Waals surface area (Å²) in [7, 11) is 1.60. The molecule has 0 atom stereocenters. The van der Waals surface area contributed by atoms with Crippen molar-refractivity contribution in [2.24, 2.45) is 0 Å². The van der Waals surface area contributed by atoms with Crippen LogP contribution in [0.15, 0.2) is 71.3 Å². The highest BCUT2D eigenvalue weighted by molar-refractivity contribution is 5.94. The number of hydrogen-bond donors (Lipinski definition) is 0. The van der Waals surface area contributed by atoms with Crippen LogP contribution in [0, 0.1) is 6.92 Å². The van der Waals surface area contributed by atoms with Gasteiger partial charge in [0.1, 0.15) is 11.5 Å². The number of aromatic nitrogens is 4. The van der Waals surface area contributed by atoms with Gasteiger partial charge in [0.15, 0.2) is 5.65 Å². The molecule has 32 heavy (non-hydrogen) atoms. The summed E-state index contributed by atoms with van der Waals surface area (Å²) < 4.78 is 12.5. The maximum atomic E-state index is 13.5. The lowest BCUT2D eigenvalue weighted by Gasteiger charge is -2.22. The Morgan fingerprint density at radius 2 is 1.94 bits per heavy atom. The van der Waals surface area contributed by atoms with Gasteiger partial charge in [0, 0.05) is 16.5 Å². The van der Waals surface area contributed by atoms with Crippen LogP contribution in [-0.4, -0.2) is 38.0 Å². The SMILES string of the molecule is COc1ccc(C(=O)N(Cc2ccco2)Cc2cc3cc(C)ccc3n3nnnc23)cc1. The second-order valence-electron chi connectivity index (χ2n) is 7.62. The van der Waals surface area contributed by atoms with Crippen molar-refractivity contribution in [2.45, 2.75) is 20.0 Å².